The topological polar surface area (TPSA) is 55.6 Å². The van der Waals surface area contributed by atoms with Gasteiger partial charge in [-0.25, -0.2) is 15.0 Å². The molecule has 0 unspecified atom stereocenters. The molecule has 3 aromatic rings. The van der Waals surface area contributed by atoms with Gasteiger partial charge in [0.15, 0.2) is 5.82 Å². The number of rotatable bonds is 3. The number of fused-ring (bicyclic) bond motifs is 1. The normalized spacial score (nSPS) is 10.9. The Hall–Kier alpha value is -1.95. The van der Waals surface area contributed by atoms with E-state index in [-0.39, 0.29) is 0 Å². The van der Waals surface area contributed by atoms with Gasteiger partial charge < -0.3 is 9.88 Å². The van der Waals surface area contributed by atoms with E-state index in [0.29, 0.717) is 6.54 Å². The van der Waals surface area contributed by atoms with Gasteiger partial charge in [0.05, 0.1) is 29.6 Å². The first-order chi connectivity index (χ1) is 8.34. The van der Waals surface area contributed by atoms with Gasteiger partial charge >= 0.3 is 0 Å². The lowest BCUT2D eigenvalue weighted by Crippen LogP contribution is -2.02. The number of aromatic nitrogens is 4. The molecule has 0 aliphatic heterocycles. The lowest BCUT2D eigenvalue weighted by molar-refractivity contribution is 0.947. The fourth-order valence-electron chi connectivity index (χ4n) is 1.69. The molecule has 86 valence electrons. The third-order valence-electron chi connectivity index (χ3n) is 2.56. The Morgan fingerprint density at radius 2 is 2.29 bits per heavy atom. The molecule has 0 fully saturated rings. The molecule has 3 rings (SSSR count). The molecule has 1 N–H and O–H groups in total. The SMILES string of the molecule is Cn1cnc2c(NCc3cscn3)nccc21. The molecule has 6 heteroatoms. The summed E-state index contributed by atoms with van der Waals surface area (Å²) in [5.74, 6) is 0.802. The van der Waals surface area contributed by atoms with Crippen LogP contribution in [0.15, 0.2) is 29.5 Å². The van der Waals surface area contributed by atoms with E-state index in [2.05, 4.69) is 20.3 Å². The maximum absolute atomic E-state index is 4.34. The summed E-state index contributed by atoms with van der Waals surface area (Å²) < 4.78 is 1.98. The van der Waals surface area contributed by atoms with E-state index in [1.807, 2.05) is 28.6 Å². The average molecular weight is 245 g/mol. The van der Waals surface area contributed by atoms with Crippen LogP contribution in [-0.4, -0.2) is 19.5 Å². The highest BCUT2D eigenvalue weighted by atomic mass is 32.1. The van der Waals surface area contributed by atoms with Crippen molar-refractivity contribution in [1.29, 1.82) is 0 Å². The van der Waals surface area contributed by atoms with Crippen LogP contribution in [0.5, 0.6) is 0 Å². The van der Waals surface area contributed by atoms with Crippen LogP contribution in [0.1, 0.15) is 5.69 Å². The second-order valence-electron chi connectivity index (χ2n) is 3.72. The lowest BCUT2D eigenvalue weighted by Gasteiger charge is -2.04. The number of nitrogens with zero attached hydrogens (tertiary/aromatic N) is 4. The van der Waals surface area contributed by atoms with E-state index in [9.17, 15) is 0 Å². The van der Waals surface area contributed by atoms with Crippen molar-refractivity contribution >= 4 is 28.2 Å². The van der Waals surface area contributed by atoms with Gasteiger partial charge in [-0.2, -0.15) is 0 Å². The van der Waals surface area contributed by atoms with E-state index in [1.54, 1.807) is 23.9 Å². The zero-order valence-electron chi connectivity index (χ0n) is 9.29. The number of aryl methyl sites for hydroxylation is 1. The Labute approximate surface area is 102 Å². The Kier molecular flexibility index (Phi) is 2.49. The summed E-state index contributed by atoms with van der Waals surface area (Å²) in [5.41, 5.74) is 4.81. The minimum Gasteiger partial charge on any atom is -0.363 e. The second-order valence-corrected chi connectivity index (χ2v) is 4.43. The second kappa shape index (κ2) is 4.14. The maximum Gasteiger partial charge on any atom is 0.154 e. The summed E-state index contributed by atoms with van der Waals surface area (Å²) in [5, 5.41) is 5.28. The van der Waals surface area contributed by atoms with Gasteiger partial charge in [0.1, 0.15) is 5.52 Å². The van der Waals surface area contributed by atoms with Gasteiger partial charge in [-0.15, -0.1) is 11.3 Å². The average Bonchev–Trinajstić information content (AvgIpc) is 2.97. The number of thiazole rings is 1. The predicted octanol–water partition coefficient (Wildman–Crippen LogP) is 2.04. The molecule has 0 atom stereocenters. The Morgan fingerprint density at radius 3 is 3.12 bits per heavy atom. The summed E-state index contributed by atoms with van der Waals surface area (Å²) in [6, 6.07) is 1.95. The Balaban J connectivity index is 1.90. The van der Waals surface area contributed by atoms with Crippen molar-refractivity contribution in [3.63, 3.8) is 0 Å². The number of nitrogens with one attached hydrogen (secondary N) is 1. The zero-order chi connectivity index (χ0) is 11.7. The molecule has 0 aromatic carbocycles. The Bertz CT molecular complexity index is 628. The molecule has 17 heavy (non-hydrogen) atoms. The van der Waals surface area contributed by atoms with E-state index in [0.717, 1.165) is 22.5 Å². The van der Waals surface area contributed by atoms with Gasteiger partial charge in [-0.05, 0) is 6.07 Å². The number of hydrogen-bond acceptors (Lipinski definition) is 5. The molecular formula is C11H11N5S. The molecular weight excluding hydrogens is 234 g/mol. The van der Waals surface area contributed by atoms with Gasteiger partial charge in [0.25, 0.3) is 0 Å². The first-order valence-corrected chi connectivity index (χ1v) is 6.16. The highest BCUT2D eigenvalue weighted by molar-refractivity contribution is 7.07. The Morgan fingerprint density at radius 1 is 1.35 bits per heavy atom. The molecule has 3 heterocycles. The molecule has 0 spiro atoms. The first-order valence-electron chi connectivity index (χ1n) is 5.21. The summed E-state index contributed by atoms with van der Waals surface area (Å²) in [4.78, 5) is 12.9. The smallest absolute Gasteiger partial charge is 0.154 e. The fourth-order valence-corrected chi connectivity index (χ4v) is 2.25. The van der Waals surface area contributed by atoms with E-state index in [4.69, 9.17) is 0 Å². The quantitative estimate of drug-likeness (QED) is 0.767. The molecule has 0 bridgehead atoms. The lowest BCUT2D eigenvalue weighted by atomic mass is 10.3. The van der Waals surface area contributed by atoms with E-state index in [1.165, 1.54) is 0 Å². The number of imidazole rings is 1. The van der Waals surface area contributed by atoms with Crippen LogP contribution in [-0.2, 0) is 13.6 Å². The molecule has 0 aliphatic rings. The summed E-state index contributed by atoms with van der Waals surface area (Å²) >= 11 is 1.59. The van der Waals surface area contributed by atoms with Crippen molar-refractivity contribution in [2.75, 3.05) is 5.32 Å². The van der Waals surface area contributed by atoms with Crippen LogP contribution in [0, 0.1) is 0 Å². The molecule has 0 radical (unpaired) electrons. The van der Waals surface area contributed by atoms with Crippen LogP contribution < -0.4 is 5.32 Å². The monoisotopic (exact) mass is 245 g/mol. The molecule has 5 nitrogen and oxygen atoms in total. The fraction of sp³-hybridized carbons (Fsp3) is 0.182. The molecule has 0 amide bonds. The van der Waals surface area contributed by atoms with Gasteiger partial charge in [-0.3, -0.25) is 0 Å². The van der Waals surface area contributed by atoms with Crippen molar-refractivity contribution in [2.24, 2.45) is 7.05 Å². The van der Waals surface area contributed by atoms with Crippen molar-refractivity contribution in [1.82, 2.24) is 19.5 Å². The summed E-state index contributed by atoms with van der Waals surface area (Å²) in [6.07, 6.45) is 3.58. The summed E-state index contributed by atoms with van der Waals surface area (Å²) in [6.45, 7) is 0.673. The number of anilines is 1. The van der Waals surface area contributed by atoms with Crippen molar-refractivity contribution in [2.45, 2.75) is 6.54 Å². The van der Waals surface area contributed by atoms with E-state index >= 15 is 0 Å². The molecule has 3 aromatic heterocycles. The predicted molar refractivity (Wildman–Crippen MR) is 67.9 cm³/mol. The van der Waals surface area contributed by atoms with Crippen LogP contribution in [0.3, 0.4) is 0 Å². The maximum atomic E-state index is 4.34. The van der Waals surface area contributed by atoms with Gasteiger partial charge in [-0.1, -0.05) is 0 Å². The van der Waals surface area contributed by atoms with Gasteiger partial charge in [0.2, 0.25) is 0 Å². The summed E-state index contributed by atoms with van der Waals surface area (Å²) in [7, 11) is 1.97. The molecule has 0 saturated heterocycles. The largest absolute Gasteiger partial charge is 0.363 e. The van der Waals surface area contributed by atoms with Gasteiger partial charge in [0, 0.05) is 18.6 Å². The third-order valence-corrected chi connectivity index (χ3v) is 3.20. The molecule has 0 saturated carbocycles. The first kappa shape index (κ1) is 10.2. The number of pyridine rings is 1. The van der Waals surface area contributed by atoms with Crippen LogP contribution in [0.25, 0.3) is 11.0 Å². The third kappa shape index (κ3) is 1.87. The van der Waals surface area contributed by atoms with E-state index < -0.39 is 0 Å². The van der Waals surface area contributed by atoms with Crippen LogP contribution in [0.4, 0.5) is 5.82 Å². The zero-order valence-corrected chi connectivity index (χ0v) is 10.1. The molecule has 0 aliphatic carbocycles. The van der Waals surface area contributed by atoms with Crippen molar-refractivity contribution in [3.8, 4) is 0 Å². The number of hydrogen-bond donors (Lipinski definition) is 1. The van der Waals surface area contributed by atoms with Crippen molar-refractivity contribution in [3.05, 3.63) is 35.2 Å². The standard InChI is InChI=1S/C11H11N5S/c1-16-6-14-10-9(16)2-3-12-11(10)13-4-8-5-17-7-15-8/h2-3,5-7H,4H2,1H3,(H,12,13). The highest BCUT2D eigenvalue weighted by Crippen LogP contribution is 2.19. The highest BCUT2D eigenvalue weighted by Gasteiger charge is 2.06. The van der Waals surface area contributed by atoms with Crippen LogP contribution in [0.2, 0.25) is 0 Å². The minimum atomic E-state index is 0.673. The minimum absolute atomic E-state index is 0.673. The van der Waals surface area contributed by atoms with Crippen molar-refractivity contribution < 1.29 is 0 Å². The van der Waals surface area contributed by atoms with Crippen LogP contribution >= 0.6 is 11.3 Å².